The van der Waals surface area contributed by atoms with E-state index in [0.29, 0.717) is 16.6 Å². The first kappa shape index (κ1) is 18.0. The molecule has 0 unspecified atom stereocenters. The molecule has 0 aromatic heterocycles. The number of halogens is 2. The van der Waals surface area contributed by atoms with Crippen molar-refractivity contribution in [3.8, 4) is 0 Å². The summed E-state index contributed by atoms with van der Waals surface area (Å²) in [6.45, 7) is 4.11. The maximum atomic E-state index is 12.3. The minimum Gasteiger partial charge on any atom is -0.376 e. The summed E-state index contributed by atoms with van der Waals surface area (Å²) in [6.07, 6.45) is 4.15. The number of carbonyl (C=O) groups is 1. The van der Waals surface area contributed by atoms with E-state index in [1.165, 1.54) is 0 Å². The van der Waals surface area contributed by atoms with E-state index in [2.05, 4.69) is 10.2 Å². The quantitative estimate of drug-likeness (QED) is 0.862. The Morgan fingerprint density at radius 3 is 2.71 bits per heavy atom. The first-order valence-electron chi connectivity index (χ1n) is 8.67. The molecule has 2 saturated heterocycles. The highest BCUT2D eigenvalue weighted by molar-refractivity contribution is 6.35. The highest BCUT2D eigenvalue weighted by atomic mass is 35.5. The van der Waals surface area contributed by atoms with Crippen LogP contribution in [0.1, 0.15) is 31.2 Å². The topological polar surface area (TPSA) is 41.6 Å². The lowest BCUT2D eigenvalue weighted by Gasteiger charge is -2.31. The van der Waals surface area contributed by atoms with E-state index in [9.17, 15) is 4.79 Å². The molecule has 1 atom stereocenters. The summed E-state index contributed by atoms with van der Waals surface area (Å²) >= 11 is 12.2. The number of hydrogen-bond donors (Lipinski definition) is 1. The van der Waals surface area contributed by atoms with Crippen molar-refractivity contribution in [2.45, 2.75) is 38.3 Å². The maximum Gasteiger partial charge on any atom is 0.223 e. The first-order chi connectivity index (χ1) is 11.6. The van der Waals surface area contributed by atoms with Gasteiger partial charge in [0.15, 0.2) is 0 Å². The Balaban J connectivity index is 1.42. The molecule has 1 N–H and O–H groups in total. The average Bonchev–Trinajstić information content (AvgIpc) is 3.09. The van der Waals surface area contributed by atoms with Crippen molar-refractivity contribution in [2.75, 3.05) is 26.2 Å². The lowest BCUT2D eigenvalue weighted by atomic mass is 9.95. The second-order valence-corrected chi connectivity index (χ2v) is 7.51. The van der Waals surface area contributed by atoms with Gasteiger partial charge in [-0.05, 0) is 56.5 Å². The van der Waals surface area contributed by atoms with Crippen molar-refractivity contribution in [3.05, 3.63) is 33.8 Å². The summed E-state index contributed by atoms with van der Waals surface area (Å²) in [5.41, 5.74) is 1.09. The lowest BCUT2D eigenvalue weighted by molar-refractivity contribution is -0.127. The number of nitrogens with zero attached hydrogens (tertiary/aromatic N) is 1. The van der Waals surface area contributed by atoms with Crippen LogP contribution >= 0.6 is 23.2 Å². The first-order valence-corrected chi connectivity index (χ1v) is 9.43. The standard InChI is InChI=1S/C18H24Cl2N2O2/c19-15-4-3-14(17(20)10-15)12-22-7-5-13(6-8-22)18(23)21-11-16-2-1-9-24-16/h3-4,10,13,16H,1-2,5-9,11-12H2,(H,21,23)/t16-/m0/s1. The Morgan fingerprint density at radius 2 is 2.04 bits per heavy atom. The molecule has 0 saturated carbocycles. The van der Waals surface area contributed by atoms with E-state index in [0.717, 1.165) is 57.5 Å². The van der Waals surface area contributed by atoms with E-state index >= 15 is 0 Å². The normalized spacial score (nSPS) is 22.7. The number of carbonyl (C=O) groups excluding carboxylic acids is 1. The Hall–Kier alpha value is -0.810. The molecule has 4 nitrogen and oxygen atoms in total. The number of benzene rings is 1. The molecule has 2 aliphatic rings. The van der Waals surface area contributed by atoms with Crippen LogP contribution in [-0.2, 0) is 16.1 Å². The smallest absolute Gasteiger partial charge is 0.223 e. The second kappa shape index (κ2) is 8.52. The molecule has 3 rings (SSSR count). The summed E-state index contributed by atoms with van der Waals surface area (Å²) in [4.78, 5) is 14.6. The van der Waals surface area contributed by atoms with E-state index in [4.69, 9.17) is 27.9 Å². The number of nitrogens with one attached hydrogen (secondary N) is 1. The van der Waals surface area contributed by atoms with Gasteiger partial charge in [-0.2, -0.15) is 0 Å². The summed E-state index contributed by atoms with van der Waals surface area (Å²) in [5.74, 6) is 0.290. The summed E-state index contributed by atoms with van der Waals surface area (Å²) < 4.78 is 5.55. The van der Waals surface area contributed by atoms with Gasteiger partial charge >= 0.3 is 0 Å². The van der Waals surface area contributed by atoms with E-state index < -0.39 is 0 Å². The second-order valence-electron chi connectivity index (χ2n) is 6.67. The van der Waals surface area contributed by atoms with Crippen LogP contribution in [0.3, 0.4) is 0 Å². The van der Waals surface area contributed by atoms with Crippen LogP contribution < -0.4 is 5.32 Å². The zero-order valence-electron chi connectivity index (χ0n) is 13.8. The van der Waals surface area contributed by atoms with Crippen LogP contribution in [0.15, 0.2) is 18.2 Å². The summed E-state index contributed by atoms with van der Waals surface area (Å²) in [6, 6.07) is 5.63. The number of amides is 1. The van der Waals surface area contributed by atoms with Gasteiger partial charge in [0.25, 0.3) is 0 Å². The van der Waals surface area contributed by atoms with E-state index in [1.54, 1.807) is 6.07 Å². The van der Waals surface area contributed by atoms with Crippen molar-refractivity contribution in [3.63, 3.8) is 0 Å². The zero-order valence-corrected chi connectivity index (χ0v) is 15.3. The van der Waals surface area contributed by atoms with Gasteiger partial charge in [0.2, 0.25) is 5.91 Å². The third-order valence-corrected chi connectivity index (χ3v) is 5.48. The van der Waals surface area contributed by atoms with Gasteiger partial charge < -0.3 is 10.1 Å². The highest BCUT2D eigenvalue weighted by Gasteiger charge is 2.26. The van der Waals surface area contributed by atoms with Crippen LogP contribution in [0.4, 0.5) is 0 Å². The molecule has 0 radical (unpaired) electrons. The highest BCUT2D eigenvalue weighted by Crippen LogP contribution is 2.25. The SMILES string of the molecule is O=C(NC[C@@H]1CCCO1)C1CCN(Cc2ccc(Cl)cc2Cl)CC1. The van der Waals surface area contributed by atoms with Gasteiger partial charge in [-0.3, -0.25) is 9.69 Å². The van der Waals surface area contributed by atoms with Crippen LogP contribution in [0.25, 0.3) is 0 Å². The molecule has 2 heterocycles. The molecule has 6 heteroatoms. The molecular formula is C18H24Cl2N2O2. The monoisotopic (exact) mass is 370 g/mol. The van der Waals surface area contributed by atoms with Gasteiger partial charge in [0.05, 0.1) is 6.10 Å². The van der Waals surface area contributed by atoms with Crippen molar-refractivity contribution in [1.82, 2.24) is 10.2 Å². The molecule has 1 amide bonds. The fourth-order valence-corrected chi connectivity index (χ4v) is 3.88. The van der Waals surface area contributed by atoms with Crippen LogP contribution in [-0.4, -0.2) is 43.2 Å². The van der Waals surface area contributed by atoms with Crippen molar-refractivity contribution < 1.29 is 9.53 Å². The van der Waals surface area contributed by atoms with Crippen molar-refractivity contribution in [1.29, 1.82) is 0 Å². The Kier molecular flexibility index (Phi) is 6.39. The molecule has 1 aromatic rings. The molecule has 132 valence electrons. The molecule has 0 spiro atoms. The number of likely N-dealkylation sites (tertiary alicyclic amines) is 1. The fraction of sp³-hybridized carbons (Fsp3) is 0.611. The molecule has 0 aliphatic carbocycles. The number of piperidine rings is 1. The number of ether oxygens (including phenoxy) is 1. The van der Waals surface area contributed by atoms with Crippen LogP contribution in [0.5, 0.6) is 0 Å². The number of hydrogen-bond acceptors (Lipinski definition) is 3. The zero-order chi connectivity index (χ0) is 16.9. The average molecular weight is 371 g/mol. The lowest BCUT2D eigenvalue weighted by Crippen LogP contribution is -2.42. The van der Waals surface area contributed by atoms with Gasteiger partial charge in [-0.1, -0.05) is 29.3 Å². The van der Waals surface area contributed by atoms with Gasteiger partial charge in [-0.15, -0.1) is 0 Å². The Labute approximate surface area is 153 Å². The largest absolute Gasteiger partial charge is 0.376 e. The minimum atomic E-state index is 0.114. The molecule has 2 aliphatic heterocycles. The van der Waals surface area contributed by atoms with Gasteiger partial charge in [0.1, 0.15) is 0 Å². The van der Waals surface area contributed by atoms with Crippen LogP contribution in [0.2, 0.25) is 10.0 Å². The maximum absolute atomic E-state index is 12.3. The molecular weight excluding hydrogens is 347 g/mol. The molecule has 1 aromatic carbocycles. The third kappa shape index (κ3) is 4.85. The number of rotatable bonds is 5. The predicted octanol–water partition coefficient (Wildman–Crippen LogP) is 3.50. The van der Waals surface area contributed by atoms with E-state index in [1.807, 2.05) is 12.1 Å². The minimum absolute atomic E-state index is 0.114. The molecule has 24 heavy (non-hydrogen) atoms. The Morgan fingerprint density at radius 1 is 1.25 bits per heavy atom. The van der Waals surface area contributed by atoms with Crippen molar-refractivity contribution >= 4 is 29.1 Å². The molecule has 0 bridgehead atoms. The van der Waals surface area contributed by atoms with Gasteiger partial charge in [0, 0.05) is 35.7 Å². The predicted molar refractivity (Wildman–Crippen MR) is 96.4 cm³/mol. The Bertz CT molecular complexity index is 568. The summed E-state index contributed by atoms with van der Waals surface area (Å²) in [5, 5.41) is 4.42. The third-order valence-electron chi connectivity index (χ3n) is 4.90. The van der Waals surface area contributed by atoms with Crippen molar-refractivity contribution in [2.24, 2.45) is 5.92 Å². The van der Waals surface area contributed by atoms with Crippen LogP contribution in [0, 0.1) is 5.92 Å². The van der Waals surface area contributed by atoms with E-state index in [-0.39, 0.29) is 17.9 Å². The van der Waals surface area contributed by atoms with Gasteiger partial charge in [-0.25, -0.2) is 0 Å². The molecule has 2 fully saturated rings. The summed E-state index contributed by atoms with van der Waals surface area (Å²) in [7, 11) is 0. The fourth-order valence-electron chi connectivity index (χ4n) is 3.41.